The maximum Gasteiger partial charge on any atom is 0.409 e. The van der Waals surface area contributed by atoms with Crippen molar-refractivity contribution in [2.45, 2.75) is 25.8 Å². The molecule has 1 saturated heterocycles. The second-order valence-corrected chi connectivity index (χ2v) is 6.13. The average Bonchev–Trinajstić information content (AvgIpc) is 3.15. The smallest absolute Gasteiger partial charge is 0.409 e. The first-order valence-electron chi connectivity index (χ1n) is 8.62. The average molecular weight is 379 g/mol. The number of benzene rings is 1. The number of hydrogen-bond acceptors (Lipinski definition) is 5. The molecule has 0 radical (unpaired) electrons. The van der Waals surface area contributed by atoms with E-state index in [1.54, 1.807) is 11.8 Å². The van der Waals surface area contributed by atoms with Crippen LogP contribution in [-0.4, -0.2) is 47.8 Å². The molecular formula is C18H19F2N3O4. The van der Waals surface area contributed by atoms with Crippen LogP contribution >= 0.6 is 0 Å². The van der Waals surface area contributed by atoms with Gasteiger partial charge in [0.2, 0.25) is 0 Å². The first-order valence-corrected chi connectivity index (χ1v) is 8.62. The molecule has 1 aliphatic heterocycles. The zero-order valence-corrected chi connectivity index (χ0v) is 14.7. The Kier molecular flexibility index (Phi) is 5.68. The molecule has 0 saturated carbocycles. The Morgan fingerprint density at radius 2 is 2.04 bits per heavy atom. The van der Waals surface area contributed by atoms with Crippen molar-refractivity contribution in [3.63, 3.8) is 0 Å². The maximum absolute atomic E-state index is 13.5. The van der Waals surface area contributed by atoms with Crippen molar-refractivity contribution in [3.05, 3.63) is 41.6 Å². The topological polar surface area (TPSA) is 84.7 Å². The van der Waals surface area contributed by atoms with Crippen molar-refractivity contribution >= 4 is 12.0 Å². The summed E-state index contributed by atoms with van der Waals surface area (Å²) in [5.74, 6) is -2.39. The summed E-state index contributed by atoms with van der Waals surface area (Å²) in [6.07, 6.45) is 2.04. The number of amides is 2. The highest BCUT2D eigenvalue weighted by Crippen LogP contribution is 2.25. The molecule has 2 amide bonds. The number of ether oxygens (including phenoxy) is 1. The van der Waals surface area contributed by atoms with Crippen molar-refractivity contribution in [3.8, 4) is 11.3 Å². The van der Waals surface area contributed by atoms with Crippen molar-refractivity contribution < 1.29 is 27.6 Å². The van der Waals surface area contributed by atoms with E-state index in [-0.39, 0.29) is 29.0 Å². The van der Waals surface area contributed by atoms with Gasteiger partial charge in [0, 0.05) is 24.7 Å². The van der Waals surface area contributed by atoms with E-state index >= 15 is 0 Å². The Morgan fingerprint density at radius 3 is 2.70 bits per heavy atom. The molecule has 144 valence electrons. The number of rotatable bonds is 4. The molecule has 3 rings (SSSR count). The lowest BCUT2D eigenvalue weighted by Gasteiger charge is -2.31. The number of hydrogen-bond donors (Lipinski definition) is 1. The summed E-state index contributed by atoms with van der Waals surface area (Å²) in [6, 6.07) is 3.09. The van der Waals surface area contributed by atoms with Gasteiger partial charge in [0.05, 0.1) is 12.8 Å². The van der Waals surface area contributed by atoms with Gasteiger partial charge in [0.15, 0.2) is 17.4 Å². The summed E-state index contributed by atoms with van der Waals surface area (Å²) in [5, 5.41) is 6.46. The van der Waals surface area contributed by atoms with Crippen LogP contribution in [0.15, 0.2) is 28.9 Å². The molecule has 0 bridgehead atoms. The highest BCUT2D eigenvalue weighted by atomic mass is 19.2. The van der Waals surface area contributed by atoms with E-state index in [1.165, 1.54) is 12.3 Å². The lowest BCUT2D eigenvalue weighted by molar-refractivity contribution is 0.0860. The Labute approximate surface area is 154 Å². The van der Waals surface area contributed by atoms with Gasteiger partial charge in [-0.2, -0.15) is 0 Å². The van der Waals surface area contributed by atoms with Crippen LogP contribution in [0.25, 0.3) is 11.3 Å². The number of carbonyl (C=O) groups is 2. The first kappa shape index (κ1) is 18.8. The van der Waals surface area contributed by atoms with Crippen LogP contribution < -0.4 is 5.32 Å². The number of nitrogens with one attached hydrogen (secondary N) is 1. The molecule has 2 heterocycles. The summed E-state index contributed by atoms with van der Waals surface area (Å²) in [7, 11) is 0. The monoisotopic (exact) mass is 379 g/mol. The third-order valence-electron chi connectivity index (χ3n) is 4.35. The molecule has 0 atom stereocenters. The molecule has 0 unspecified atom stereocenters. The number of nitrogens with zero attached hydrogens (tertiary/aromatic N) is 2. The molecule has 1 fully saturated rings. The van der Waals surface area contributed by atoms with E-state index < -0.39 is 17.5 Å². The minimum atomic E-state index is -1.04. The van der Waals surface area contributed by atoms with Crippen LogP contribution in [0.3, 0.4) is 0 Å². The molecule has 1 aromatic heterocycles. The summed E-state index contributed by atoms with van der Waals surface area (Å²) in [4.78, 5) is 25.9. The fourth-order valence-electron chi connectivity index (χ4n) is 2.93. The van der Waals surface area contributed by atoms with Gasteiger partial charge in [-0.05, 0) is 38.0 Å². The second-order valence-electron chi connectivity index (χ2n) is 6.13. The second kappa shape index (κ2) is 8.15. The van der Waals surface area contributed by atoms with E-state index in [2.05, 4.69) is 10.5 Å². The van der Waals surface area contributed by atoms with Crippen molar-refractivity contribution in [2.75, 3.05) is 19.7 Å². The lowest BCUT2D eigenvalue weighted by atomic mass is 10.0. The number of halogens is 2. The van der Waals surface area contributed by atoms with Crippen LogP contribution in [0.4, 0.5) is 13.6 Å². The molecule has 27 heavy (non-hydrogen) atoms. The molecule has 1 N–H and O–H groups in total. The van der Waals surface area contributed by atoms with Crippen molar-refractivity contribution in [1.29, 1.82) is 0 Å². The number of aromatic nitrogens is 1. The predicted octanol–water partition coefficient (Wildman–Crippen LogP) is 2.97. The summed E-state index contributed by atoms with van der Waals surface area (Å²) in [6.45, 7) is 3.01. The van der Waals surface area contributed by atoms with E-state index in [0.717, 1.165) is 12.1 Å². The quantitative estimate of drug-likeness (QED) is 0.883. The molecule has 1 aliphatic rings. The highest BCUT2D eigenvalue weighted by molar-refractivity contribution is 5.99. The molecular weight excluding hydrogens is 360 g/mol. The minimum absolute atomic E-state index is 0.0651. The molecule has 2 aromatic rings. The summed E-state index contributed by atoms with van der Waals surface area (Å²) in [5.41, 5.74) is 0.350. The zero-order chi connectivity index (χ0) is 19.4. The maximum atomic E-state index is 13.5. The van der Waals surface area contributed by atoms with Gasteiger partial charge < -0.3 is 19.5 Å². The summed E-state index contributed by atoms with van der Waals surface area (Å²) >= 11 is 0. The molecule has 0 spiro atoms. The van der Waals surface area contributed by atoms with Gasteiger partial charge in [-0.25, -0.2) is 13.6 Å². The van der Waals surface area contributed by atoms with E-state index in [0.29, 0.717) is 32.5 Å². The number of carbonyl (C=O) groups excluding carboxylic acids is 2. The van der Waals surface area contributed by atoms with E-state index in [9.17, 15) is 18.4 Å². The van der Waals surface area contributed by atoms with Crippen molar-refractivity contribution in [1.82, 2.24) is 15.4 Å². The van der Waals surface area contributed by atoms with Crippen LogP contribution in [0, 0.1) is 11.6 Å². The van der Waals surface area contributed by atoms with Crippen LogP contribution in [-0.2, 0) is 4.74 Å². The van der Waals surface area contributed by atoms with Gasteiger partial charge in [-0.3, -0.25) is 4.79 Å². The minimum Gasteiger partial charge on any atom is -0.450 e. The Bertz CT molecular complexity index is 832. The number of likely N-dealkylation sites (tertiary alicyclic amines) is 1. The van der Waals surface area contributed by atoms with Crippen molar-refractivity contribution in [2.24, 2.45) is 0 Å². The predicted molar refractivity (Wildman–Crippen MR) is 90.9 cm³/mol. The summed E-state index contributed by atoms with van der Waals surface area (Å²) < 4.78 is 36.6. The van der Waals surface area contributed by atoms with Crippen LogP contribution in [0.2, 0.25) is 0 Å². The third-order valence-corrected chi connectivity index (χ3v) is 4.35. The highest BCUT2D eigenvalue weighted by Gasteiger charge is 2.26. The largest absolute Gasteiger partial charge is 0.450 e. The fourth-order valence-corrected chi connectivity index (χ4v) is 2.93. The van der Waals surface area contributed by atoms with Gasteiger partial charge >= 0.3 is 6.09 Å². The van der Waals surface area contributed by atoms with Crippen LogP contribution in [0.5, 0.6) is 0 Å². The van der Waals surface area contributed by atoms with E-state index in [1.807, 2.05) is 0 Å². The SMILES string of the molecule is CCOC(=O)N1CCC(NC(=O)c2cnoc2-c2ccc(F)c(F)c2)CC1. The first-order chi connectivity index (χ1) is 13.0. The standard InChI is InChI=1S/C18H19F2N3O4/c1-2-26-18(25)23-7-5-12(6-8-23)22-17(24)13-10-21-27-16(13)11-3-4-14(19)15(20)9-11/h3-4,9-10,12H,2,5-8H2,1H3,(H,22,24). The van der Waals surface area contributed by atoms with Gasteiger partial charge in [0.25, 0.3) is 5.91 Å². The fraction of sp³-hybridized carbons (Fsp3) is 0.389. The zero-order valence-electron chi connectivity index (χ0n) is 14.7. The normalized spacial score (nSPS) is 14.9. The number of piperidine rings is 1. The van der Waals surface area contributed by atoms with Gasteiger partial charge in [-0.1, -0.05) is 5.16 Å². The Balaban J connectivity index is 1.64. The van der Waals surface area contributed by atoms with Crippen LogP contribution in [0.1, 0.15) is 30.1 Å². The molecule has 1 aromatic carbocycles. The third kappa shape index (κ3) is 4.24. The van der Waals surface area contributed by atoms with Gasteiger partial charge in [-0.15, -0.1) is 0 Å². The Morgan fingerprint density at radius 1 is 1.30 bits per heavy atom. The molecule has 0 aliphatic carbocycles. The van der Waals surface area contributed by atoms with E-state index in [4.69, 9.17) is 9.26 Å². The molecule has 9 heteroatoms. The molecule has 7 nitrogen and oxygen atoms in total. The lowest BCUT2D eigenvalue weighted by Crippen LogP contribution is -2.46. The Hall–Kier alpha value is -2.97. The van der Waals surface area contributed by atoms with Gasteiger partial charge in [0.1, 0.15) is 5.56 Å².